The number of anilines is 1. The third kappa shape index (κ3) is 7.23. The highest BCUT2D eigenvalue weighted by atomic mass is 32.2. The average molecular weight is 501 g/mol. The minimum Gasteiger partial charge on any atom is -0.457 e. The van der Waals surface area contributed by atoms with Crippen molar-refractivity contribution < 1.29 is 14.3 Å². The molecule has 8 heteroatoms. The van der Waals surface area contributed by atoms with Gasteiger partial charge >= 0.3 is 0 Å². The number of carbonyl (C=O) groups is 2. The predicted molar refractivity (Wildman–Crippen MR) is 144 cm³/mol. The molecule has 36 heavy (non-hydrogen) atoms. The number of H-pyrrole nitrogens is 1. The Kier molecular flexibility index (Phi) is 8.77. The number of thioether (sulfide) groups is 1. The van der Waals surface area contributed by atoms with Crippen LogP contribution in [0.5, 0.6) is 11.5 Å². The molecule has 184 valence electrons. The number of para-hydroxylation sites is 1. The summed E-state index contributed by atoms with van der Waals surface area (Å²) in [5.41, 5.74) is 2.56. The zero-order valence-electron chi connectivity index (χ0n) is 19.9. The van der Waals surface area contributed by atoms with E-state index in [-0.39, 0.29) is 18.2 Å². The van der Waals surface area contributed by atoms with Gasteiger partial charge in [-0.15, -0.1) is 0 Å². The molecule has 7 nitrogen and oxygen atoms in total. The molecule has 0 saturated carbocycles. The van der Waals surface area contributed by atoms with Crippen LogP contribution >= 0.6 is 11.8 Å². The van der Waals surface area contributed by atoms with Gasteiger partial charge in [0.15, 0.2) is 5.82 Å². The molecule has 0 bridgehead atoms. The van der Waals surface area contributed by atoms with E-state index in [2.05, 4.69) is 20.8 Å². The first kappa shape index (κ1) is 25.1. The van der Waals surface area contributed by atoms with Gasteiger partial charge in [-0.1, -0.05) is 60.7 Å². The number of hydrogen-bond donors (Lipinski definition) is 3. The molecule has 1 heterocycles. The molecule has 3 N–H and O–H groups in total. The van der Waals surface area contributed by atoms with Crippen LogP contribution in [0, 0.1) is 0 Å². The standard InChI is InChI=1S/C28H28N4O3S/c1-36-16-15-24(28(34)30-26-19-25(31-32-26)21-10-4-2-5-11-21)29-27(33)18-20-9-8-14-23(17-20)35-22-12-6-3-7-13-22/h2-14,17,19,24H,15-16,18H2,1H3,(H,29,33)(H2,30,31,32,34). The maximum absolute atomic E-state index is 13.0. The molecule has 1 atom stereocenters. The highest BCUT2D eigenvalue weighted by Crippen LogP contribution is 2.22. The first-order valence-corrected chi connectivity index (χ1v) is 13.0. The summed E-state index contributed by atoms with van der Waals surface area (Å²) in [5.74, 6) is 1.98. The van der Waals surface area contributed by atoms with Gasteiger partial charge in [-0.2, -0.15) is 16.9 Å². The van der Waals surface area contributed by atoms with Gasteiger partial charge in [-0.25, -0.2) is 0 Å². The Morgan fingerprint density at radius 2 is 1.67 bits per heavy atom. The van der Waals surface area contributed by atoms with Crippen LogP contribution < -0.4 is 15.4 Å². The first-order valence-electron chi connectivity index (χ1n) is 11.6. The van der Waals surface area contributed by atoms with Crippen LogP contribution in [0.15, 0.2) is 91.0 Å². The molecule has 4 aromatic rings. The normalized spacial score (nSPS) is 11.5. The Balaban J connectivity index is 1.37. The fourth-order valence-corrected chi connectivity index (χ4v) is 4.11. The quantitative estimate of drug-likeness (QED) is 0.260. The van der Waals surface area contributed by atoms with Crippen LogP contribution in [0.1, 0.15) is 12.0 Å². The summed E-state index contributed by atoms with van der Waals surface area (Å²) in [7, 11) is 0. The molecule has 0 aliphatic rings. The highest BCUT2D eigenvalue weighted by molar-refractivity contribution is 7.98. The summed E-state index contributed by atoms with van der Waals surface area (Å²) in [4.78, 5) is 25.8. The maximum Gasteiger partial charge on any atom is 0.248 e. The zero-order chi connectivity index (χ0) is 25.2. The minimum atomic E-state index is -0.675. The summed E-state index contributed by atoms with van der Waals surface area (Å²) >= 11 is 1.62. The van der Waals surface area contributed by atoms with E-state index in [9.17, 15) is 9.59 Å². The lowest BCUT2D eigenvalue weighted by Crippen LogP contribution is -2.44. The summed E-state index contributed by atoms with van der Waals surface area (Å²) < 4.78 is 5.86. The number of hydrogen-bond acceptors (Lipinski definition) is 5. The predicted octanol–water partition coefficient (Wildman–Crippen LogP) is 5.29. The van der Waals surface area contributed by atoms with E-state index < -0.39 is 6.04 Å². The minimum absolute atomic E-state index is 0.135. The van der Waals surface area contributed by atoms with Gasteiger partial charge in [0.05, 0.1) is 12.1 Å². The molecule has 0 saturated heterocycles. The lowest BCUT2D eigenvalue weighted by atomic mass is 10.1. The van der Waals surface area contributed by atoms with Crippen LogP contribution in [0.2, 0.25) is 0 Å². The van der Waals surface area contributed by atoms with E-state index in [0.717, 1.165) is 28.3 Å². The van der Waals surface area contributed by atoms with Crippen molar-refractivity contribution >= 4 is 29.4 Å². The molecule has 1 aromatic heterocycles. The molecule has 1 unspecified atom stereocenters. The summed E-state index contributed by atoms with van der Waals surface area (Å²) in [5, 5.41) is 12.8. The molecule has 3 aromatic carbocycles. The Labute approximate surface area is 214 Å². The lowest BCUT2D eigenvalue weighted by molar-refractivity contribution is -0.126. The molecule has 0 aliphatic heterocycles. The zero-order valence-corrected chi connectivity index (χ0v) is 20.8. The Morgan fingerprint density at radius 3 is 2.42 bits per heavy atom. The highest BCUT2D eigenvalue weighted by Gasteiger charge is 2.22. The number of carbonyl (C=O) groups excluding carboxylic acids is 2. The number of nitrogens with zero attached hydrogens (tertiary/aromatic N) is 1. The van der Waals surface area contributed by atoms with Crippen LogP contribution in [0.25, 0.3) is 11.3 Å². The van der Waals surface area contributed by atoms with Crippen molar-refractivity contribution in [3.8, 4) is 22.8 Å². The third-order valence-electron chi connectivity index (χ3n) is 5.42. The second kappa shape index (κ2) is 12.6. The number of rotatable bonds is 11. The van der Waals surface area contributed by atoms with Crippen LogP contribution in [0.3, 0.4) is 0 Å². The molecule has 2 amide bonds. The monoisotopic (exact) mass is 500 g/mol. The number of ether oxygens (including phenoxy) is 1. The number of nitrogens with one attached hydrogen (secondary N) is 3. The fourth-order valence-electron chi connectivity index (χ4n) is 3.64. The average Bonchev–Trinajstić information content (AvgIpc) is 3.36. The Hall–Kier alpha value is -4.04. The number of benzene rings is 3. The van der Waals surface area contributed by atoms with Gasteiger partial charge in [0, 0.05) is 6.07 Å². The van der Waals surface area contributed by atoms with E-state index in [4.69, 9.17) is 4.74 Å². The molecule has 0 fully saturated rings. The van der Waals surface area contributed by atoms with E-state index in [0.29, 0.717) is 18.0 Å². The van der Waals surface area contributed by atoms with Crippen molar-refractivity contribution in [2.75, 3.05) is 17.3 Å². The van der Waals surface area contributed by atoms with Crippen molar-refractivity contribution in [2.45, 2.75) is 18.9 Å². The van der Waals surface area contributed by atoms with Crippen LogP contribution in [0.4, 0.5) is 5.82 Å². The van der Waals surface area contributed by atoms with Crippen molar-refractivity contribution in [3.05, 3.63) is 96.6 Å². The first-order chi connectivity index (χ1) is 17.6. The SMILES string of the molecule is CSCCC(NC(=O)Cc1cccc(Oc2ccccc2)c1)C(=O)Nc1cc(-c2ccccc2)[nH]n1. The molecule has 0 aliphatic carbocycles. The number of aromatic nitrogens is 2. The van der Waals surface area contributed by atoms with Gasteiger partial charge < -0.3 is 15.4 Å². The van der Waals surface area contributed by atoms with Gasteiger partial charge in [0.25, 0.3) is 0 Å². The topological polar surface area (TPSA) is 96.1 Å². The molecular formula is C28H28N4O3S. The van der Waals surface area contributed by atoms with Crippen molar-refractivity contribution in [1.29, 1.82) is 0 Å². The lowest BCUT2D eigenvalue weighted by Gasteiger charge is -2.17. The van der Waals surface area contributed by atoms with Crippen LogP contribution in [-0.4, -0.2) is 40.1 Å². The molecule has 4 rings (SSSR count). The second-order valence-electron chi connectivity index (χ2n) is 8.16. The Morgan fingerprint density at radius 1 is 0.944 bits per heavy atom. The largest absolute Gasteiger partial charge is 0.457 e. The van der Waals surface area contributed by atoms with Gasteiger partial charge in [0.1, 0.15) is 17.5 Å². The maximum atomic E-state index is 13.0. The summed E-state index contributed by atoms with van der Waals surface area (Å²) in [6, 6.07) is 27.7. The van der Waals surface area contributed by atoms with Crippen molar-refractivity contribution in [2.24, 2.45) is 0 Å². The molecule has 0 spiro atoms. The summed E-state index contributed by atoms with van der Waals surface area (Å²) in [6.07, 6.45) is 2.61. The van der Waals surface area contributed by atoms with Gasteiger partial charge in [0.2, 0.25) is 11.8 Å². The molecule has 0 radical (unpaired) electrons. The van der Waals surface area contributed by atoms with E-state index in [1.807, 2.05) is 91.2 Å². The van der Waals surface area contributed by atoms with Crippen LogP contribution in [-0.2, 0) is 16.0 Å². The van der Waals surface area contributed by atoms with E-state index >= 15 is 0 Å². The number of aromatic amines is 1. The summed E-state index contributed by atoms with van der Waals surface area (Å²) in [6.45, 7) is 0. The Bertz CT molecular complexity index is 1280. The van der Waals surface area contributed by atoms with Crippen molar-refractivity contribution in [1.82, 2.24) is 15.5 Å². The van der Waals surface area contributed by atoms with Crippen molar-refractivity contribution in [3.63, 3.8) is 0 Å². The number of amides is 2. The van der Waals surface area contributed by atoms with Gasteiger partial charge in [-0.05, 0) is 53.8 Å². The fraction of sp³-hybridized carbons (Fsp3) is 0.179. The van der Waals surface area contributed by atoms with Gasteiger partial charge in [-0.3, -0.25) is 14.7 Å². The third-order valence-corrected chi connectivity index (χ3v) is 6.06. The van der Waals surface area contributed by atoms with E-state index in [1.165, 1.54) is 0 Å². The second-order valence-corrected chi connectivity index (χ2v) is 9.15. The molecular weight excluding hydrogens is 472 g/mol. The van der Waals surface area contributed by atoms with E-state index in [1.54, 1.807) is 17.8 Å². The smallest absolute Gasteiger partial charge is 0.248 e.